The van der Waals surface area contributed by atoms with E-state index in [-0.39, 0.29) is 24.2 Å². The van der Waals surface area contributed by atoms with Gasteiger partial charge in [0.2, 0.25) is 5.91 Å². The molecular weight excluding hydrogens is 234 g/mol. The van der Waals surface area contributed by atoms with Crippen molar-refractivity contribution < 1.29 is 9.72 Å². The van der Waals surface area contributed by atoms with Crippen molar-refractivity contribution in [3.05, 3.63) is 39.9 Å². The molecular formula is C12H17N3O3. The van der Waals surface area contributed by atoms with Crippen LogP contribution in [0, 0.1) is 10.1 Å². The normalized spacial score (nSPS) is 11.9. The number of non-ortho nitro benzene ring substituents is 1. The zero-order valence-corrected chi connectivity index (χ0v) is 10.7. The smallest absolute Gasteiger partial charge is 0.269 e. The van der Waals surface area contributed by atoms with Gasteiger partial charge in [-0.3, -0.25) is 14.9 Å². The van der Waals surface area contributed by atoms with Crippen LogP contribution in [0.25, 0.3) is 0 Å². The summed E-state index contributed by atoms with van der Waals surface area (Å²) in [6, 6.07) is 6.27. The Bertz CT molecular complexity index is 429. The van der Waals surface area contributed by atoms with Gasteiger partial charge in [0.1, 0.15) is 0 Å². The number of nitro benzene ring substituents is 1. The van der Waals surface area contributed by atoms with Crippen LogP contribution < -0.4 is 5.32 Å². The molecule has 0 aliphatic carbocycles. The van der Waals surface area contributed by atoms with Crippen LogP contribution in [0.3, 0.4) is 0 Å². The number of hydrogen-bond acceptors (Lipinski definition) is 4. The summed E-state index contributed by atoms with van der Waals surface area (Å²) in [6.07, 6.45) is 0. The highest BCUT2D eigenvalue weighted by atomic mass is 16.6. The lowest BCUT2D eigenvalue weighted by Gasteiger charge is -2.16. The van der Waals surface area contributed by atoms with Crippen LogP contribution in [-0.2, 0) is 4.79 Å². The van der Waals surface area contributed by atoms with Crippen LogP contribution in [-0.4, -0.2) is 36.4 Å². The van der Waals surface area contributed by atoms with Crippen LogP contribution in [0.15, 0.2) is 24.3 Å². The zero-order valence-electron chi connectivity index (χ0n) is 10.7. The average Bonchev–Trinajstić information content (AvgIpc) is 2.35. The van der Waals surface area contributed by atoms with Crippen molar-refractivity contribution in [2.75, 3.05) is 20.6 Å². The molecule has 1 aromatic carbocycles. The van der Waals surface area contributed by atoms with E-state index in [1.807, 2.05) is 6.92 Å². The lowest BCUT2D eigenvalue weighted by Crippen LogP contribution is -2.34. The van der Waals surface area contributed by atoms with E-state index in [9.17, 15) is 14.9 Å². The number of nitro groups is 1. The van der Waals surface area contributed by atoms with E-state index in [2.05, 4.69) is 5.32 Å². The standard InChI is InChI=1S/C12H17N3O3/c1-9(13-8-12(16)14(2)3)10-4-6-11(7-5-10)15(17)18/h4-7,9,13H,8H2,1-3H3. The molecule has 0 spiro atoms. The molecule has 1 atom stereocenters. The van der Waals surface area contributed by atoms with Crippen molar-refractivity contribution in [2.24, 2.45) is 0 Å². The third-order valence-electron chi connectivity index (χ3n) is 2.66. The minimum absolute atomic E-state index is 0.0104. The number of amides is 1. The van der Waals surface area contributed by atoms with Gasteiger partial charge in [-0.05, 0) is 12.5 Å². The Morgan fingerprint density at radius 2 is 1.94 bits per heavy atom. The molecule has 0 aromatic heterocycles. The quantitative estimate of drug-likeness (QED) is 0.632. The first-order valence-electron chi connectivity index (χ1n) is 5.59. The Labute approximate surface area is 106 Å². The van der Waals surface area contributed by atoms with E-state index in [4.69, 9.17) is 0 Å². The highest BCUT2D eigenvalue weighted by molar-refractivity contribution is 5.77. The lowest BCUT2D eigenvalue weighted by atomic mass is 10.1. The Hall–Kier alpha value is -1.95. The van der Waals surface area contributed by atoms with Gasteiger partial charge in [-0.15, -0.1) is 0 Å². The Balaban J connectivity index is 2.59. The first-order chi connectivity index (χ1) is 8.41. The Morgan fingerprint density at radius 1 is 1.39 bits per heavy atom. The predicted octanol–water partition coefficient (Wildman–Crippen LogP) is 1.33. The van der Waals surface area contributed by atoms with Gasteiger partial charge in [0.25, 0.3) is 5.69 Å². The SMILES string of the molecule is CC(NCC(=O)N(C)C)c1ccc([N+](=O)[O-])cc1. The first kappa shape index (κ1) is 14.1. The van der Waals surface area contributed by atoms with Gasteiger partial charge in [0.15, 0.2) is 0 Å². The maximum absolute atomic E-state index is 11.4. The fourth-order valence-electron chi connectivity index (χ4n) is 1.40. The number of carbonyl (C=O) groups is 1. The molecule has 0 aliphatic rings. The molecule has 0 fully saturated rings. The molecule has 1 rings (SSSR count). The molecule has 0 bridgehead atoms. The number of hydrogen-bond donors (Lipinski definition) is 1. The molecule has 0 saturated carbocycles. The largest absolute Gasteiger partial charge is 0.348 e. The zero-order chi connectivity index (χ0) is 13.7. The number of rotatable bonds is 5. The van der Waals surface area contributed by atoms with Gasteiger partial charge >= 0.3 is 0 Å². The molecule has 0 saturated heterocycles. The summed E-state index contributed by atoms with van der Waals surface area (Å²) in [4.78, 5) is 23.0. The van der Waals surface area contributed by atoms with Crippen LogP contribution in [0.5, 0.6) is 0 Å². The second-order valence-corrected chi connectivity index (χ2v) is 4.24. The van der Waals surface area contributed by atoms with E-state index >= 15 is 0 Å². The highest BCUT2D eigenvalue weighted by Crippen LogP contribution is 2.17. The number of carbonyl (C=O) groups excluding carboxylic acids is 1. The summed E-state index contributed by atoms with van der Waals surface area (Å²) < 4.78 is 0. The van der Waals surface area contributed by atoms with Crippen molar-refractivity contribution in [3.63, 3.8) is 0 Å². The second-order valence-electron chi connectivity index (χ2n) is 4.24. The highest BCUT2D eigenvalue weighted by Gasteiger charge is 2.10. The third-order valence-corrected chi connectivity index (χ3v) is 2.66. The van der Waals surface area contributed by atoms with Crippen LogP contribution in [0.2, 0.25) is 0 Å². The summed E-state index contributed by atoms with van der Waals surface area (Å²) in [5.41, 5.74) is 0.975. The topological polar surface area (TPSA) is 75.5 Å². The molecule has 1 aromatic rings. The fourth-order valence-corrected chi connectivity index (χ4v) is 1.40. The summed E-state index contributed by atoms with van der Waals surface area (Å²) >= 11 is 0. The predicted molar refractivity (Wildman–Crippen MR) is 68.2 cm³/mol. The minimum Gasteiger partial charge on any atom is -0.348 e. The van der Waals surface area contributed by atoms with Crippen molar-refractivity contribution in [3.8, 4) is 0 Å². The van der Waals surface area contributed by atoms with E-state index in [0.717, 1.165) is 5.56 Å². The van der Waals surface area contributed by atoms with E-state index in [1.165, 1.54) is 17.0 Å². The van der Waals surface area contributed by atoms with Crippen LogP contribution in [0.1, 0.15) is 18.5 Å². The molecule has 6 nitrogen and oxygen atoms in total. The van der Waals surface area contributed by atoms with E-state index in [1.54, 1.807) is 26.2 Å². The third kappa shape index (κ3) is 3.81. The molecule has 0 heterocycles. The monoisotopic (exact) mass is 251 g/mol. The summed E-state index contributed by atoms with van der Waals surface area (Å²) in [7, 11) is 3.39. The van der Waals surface area contributed by atoms with Gasteiger partial charge in [-0.1, -0.05) is 12.1 Å². The first-order valence-corrected chi connectivity index (χ1v) is 5.59. The van der Waals surface area contributed by atoms with Crippen molar-refractivity contribution >= 4 is 11.6 Å². The molecule has 1 N–H and O–H groups in total. The number of benzene rings is 1. The molecule has 18 heavy (non-hydrogen) atoms. The van der Waals surface area contributed by atoms with Crippen LogP contribution in [0.4, 0.5) is 5.69 Å². The van der Waals surface area contributed by atoms with Gasteiger partial charge in [0, 0.05) is 32.3 Å². The molecule has 0 radical (unpaired) electrons. The van der Waals surface area contributed by atoms with Crippen molar-refractivity contribution in [2.45, 2.75) is 13.0 Å². The van der Waals surface area contributed by atoms with E-state index in [0.29, 0.717) is 0 Å². The number of nitrogens with one attached hydrogen (secondary N) is 1. The summed E-state index contributed by atoms with van der Waals surface area (Å²) in [6.45, 7) is 2.15. The van der Waals surface area contributed by atoms with Gasteiger partial charge < -0.3 is 10.2 Å². The summed E-state index contributed by atoms with van der Waals surface area (Å²) in [5, 5.41) is 13.6. The van der Waals surface area contributed by atoms with Crippen molar-refractivity contribution in [1.82, 2.24) is 10.2 Å². The number of nitrogens with zero attached hydrogens (tertiary/aromatic N) is 2. The van der Waals surface area contributed by atoms with Crippen molar-refractivity contribution in [1.29, 1.82) is 0 Å². The minimum atomic E-state index is -0.433. The lowest BCUT2D eigenvalue weighted by molar-refractivity contribution is -0.384. The molecule has 6 heteroatoms. The van der Waals surface area contributed by atoms with Gasteiger partial charge in [-0.2, -0.15) is 0 Å². The maximum atomic E-state index is 11.4. The molecule has 1 amide bonds. The molecule has 98 valence electrons. The second kappa shape index (κ2) is 6.11. The number of likely N-dealkylation sites (N-methyl/N-ethyl adjacent to an activating group) is 1. The average molecular weight is 251 g/mol. The Kier molecular flexibility index (Phi) is 4.79. The fraction of sp³-hybridized carbons (Fsp3) is 0.417. The molecule has 1 unspecified atom stereocenters. The van der Waals surface area contributed by atoms with E-state index < -0.39 is 4.92 Å². The molecule has 0 aliphatic heterocycles. The summed E-state index contributed by atoms with van der Waals surface area (Å²) in [5.74, 6) is -0.0104. The van der Waals surface area contributed by atoms with Gasteiger partial charge in [-0.25, -0.2) is 0 Å². The van der Waals surface area contributed by atoms with Gasteiger partial charge in [0.05, 0.1) is 11.5 Å². The Morgan fingerprint density at radius 3 is 2.39 bits per heavy atom. The van der Waals surface area contributed by atoms with Crippen LogP contribution >= 0.6 is 0 Å². The maximum Gasteiger partial charge on any atom is 0.269 e.